The quantitative estimate of drug-likeness (QED) is 0.281. The second-order valence-corrected chi connectivity index (χ2v) is 11.6. The molecular weight excluding hydrogens is 492 g/mol. The van der Waals surface area contributed by atoms with Crippen LogP contribution >= 0.6 is 11.3 Å². The van der Waals surface area contributed by atoms with Crippen LogP contribution in [0.3, 0.4) is 0 Å². The molecule has 1 heterocycles. The molecule has 1 aliphatic carbocycles. The number of nitrogens with zero attached hydrogens (tertiary/aromatic N) is 1. The molecule has 1 saturated carbocycles. The first-order chi connectivity index (χ1) is 18.4. The van der Waals surface area contributed by atoms with Gasteiger partial charge in [0.1, 0.15) is 6.04 Å². The van der Waals surface area contributed by atoms with E-state index < -0.39 is 12.0 Å². The average Bonchev–Trinajstić information content (AvgIpc) is 3.45. The highest BCUT2D eigenvalue weighted by Crippen LogP contribution is 2.30. The third kappa shape index (κ3) is 7.55. The van der Waals surface area contributed by atoms with E-state index in [0.717, 1.165) is 40.6 Å². The average molecular weight is 533 g/mol. The molecule has 0 spiro atoms. The minimum atomic E-state index is -0.749. The van der Waals surface area contributed by atoms with Crippen LogP contribution < -0.4 is 5.32 Å². The number of benzene rings is 2. The van der Waals surface area contributed by atoms with Crippen LogP contribution in [0.25, 0.3) is 11.1 Å². The van der Waals surface area contributed by atoms with Crippen molar-refractivity contribution in [3.63, 3.8) is 0 Å². The van der Waals surface area contributed by atoms with Crippen molar-refractivity contribution < 1.29 is 14.3 Å². The van der Waals surface area contributed by atoms with Gasteiger partial charge in [0.05, 0.1) is 7.11 Å². The number of hydrogen-bond donors (Lipinski definition) is 1. The van der Waals surface area contributed by atoms with Gasteiger partial charge in [0, 0.05) is 23.4 Å². The summed E-state index contributed by atoms with van der Waals surface area (Å²) in [5.74, 6) is 0.143. The Labute approximate surface area is 231 Å². The fourth-order valence-electron chi connectivity index (χ4n) is 5.46. The molecule has 1 unspecified atom stereocenters. The van der Waals surface area contributed by atoms with Crippen molar-refractivity contribution in [2.24, 2.45) is 5.92 Å². The summed E-state index contributed by atoms with van der Waals surface area (Å²) in [5, 5.41) is 4.92. The standard InChI is InChI=1S/C32H40N2O3S/c1-23-10-7-8-14-27(23)29-20-25(22-34(2)18-17-24-11-5-4-6-12-24)15-16-28(29)31(35)33-30(32(36)37-3)21-26-13-9-19-38-26/h7-10,13-16,19-20,24,30H,4-6,11-12,17-18,21-22H2,1-3H3,(H,33,35). The molecule has 1 atom stereocenters. The Morgan fingerprint density at radius 2 is 1.84 bits per heavy atom. The first-order valence-corrected chi connectivity index (χ1v) is 14.6. The molecule has 1 aliphatic rings. The summed E-state index contributed by atoms with van der Waals surface area (Å²) in [7, 11) is 3.54. The summed E-state index contributed by atoms with van der Waals surface area (Å²) >= 11 is 1.56. The van der Waals surface area contributed by atoms with E-state index in [0.29, 0.717) is 12.0 Å². The molecule has 0 radical (unpaired) electrons. The monoisotopic (exact) mass is 532 g/mol. The Hall–Kier alpha value is -2.96. The number of carbonyl (C=O) groups is 2. The van der Waals surface area contributed by atoms with Crippen molar-refractivity contribution in [2.45, 2.75) is 64.5 Å². The molecule has 38 heavy (non-hydrogen) atoms. The van der Waals surface area contributed by atoms with Gasteiger partial charge in [-0.2, -0.15) is 0 Å². The lowest BCUT2D eigenvalue weighted by atomic mass is 9.87. The van der Waals surface area contributed by atoms with Crippen LogP contribution in [0.5, 0.6) is 0 Å². The number of rotatable bonds is 11. The zero-order valence-corrected chi connectivity index (χ0v) is 23.7. The summed E-state index contributed by atoms with van der Waals surface area (Å²) in [6, 6.07) is 17.4. The van der Waals surface area contributed by atoms with Gasteiger partial charge in [-0.15, -0.1) is 11.3 Å². The molecule has 202 valence electrons. The summed E-state index contributed by atoms with van der Waals surface area (Å²) in [5.41, 5.74) is 4.75. The smallest absolute Gasteiger partial charge is 0.328 e. The van der Waals surface area contributed by atoms with Crippen LogP contribution in [0.1, 0.15) is 64.9 Å². The van der Waals surface area contributed by atoms with Gasteiger partial charge >= 0.3 is 5.97 Å². The van der Waals surface area contributed by atoms with Crippen molar-refractivity contribution in [2.75, 3.05) is 20.7 Å². The van der Waals surface area contributed by atoms with Gasteiger partial charge in [0.2, 0.25) is 0 Å². The van der Waals surface area contributed by atoms with Crippen molar-refractivity contribution in [1.29, 1.82) is 0 Å². The Morgan fingerprint density at radius 3 is 2.55 bits per heavy atom. The molecule has 5 nitrogen and oxygen atoms in total. The van der Waals surface area contributed by atoms with Crippen molar-refractivity contribution in [3.05, 3.63) is 81.5 Å². The molecule has 1 fully saturated rings. The second-order valence-electron chi connectivity index (χ2n) is 10.6. The number of esters is 1. The summed E-state index contributed by atoms with van der Waals surface area (Å²) < 4.78 is 5.01. The molecule has 0 bridgehead atoms. The highest BCUT2D eigenvalue weighted by atomic mass is 32.1. The van der Waals surface area contributed by atoms with Crippen molar-refractivity contribution in [1.82, 2.24) is 10.2 Å². The van der Waals surface area contributed by atoms with E-state index in [1.165, 1.54) is 51.2 Å². The van der Waals surface area contributed by atoms with E-state index in [-0.39, 0.29) is 5.91 Å². The van der Waals surface area contributed by atoms with Gasteiger partial charge in [-0.05, 0) is 78.7 Å². The van der Waals surface area contributed by atoms with Crippen molar-refractivity contribution >= 4 is 23.2 Å². The Balaban J connectivity index is 1.54. The molecule has 2 aromatic carbocycles. The highest BCUT2D eigenvalue weighted by Gasteiger charge is 2.25. The molecule has 0 saturated heterocycles. The molecule has 1 N–H and O–H groups in total. The fraction of sp³-hybridized carbons (Fsp3) is 0.438. The summed E-state index contributed by atoms with van der Waals surface area (Å²) in [6.07, 6.45) is 8.54. The fourth-order valence-corrected chi connectivity index (χ4v) is 6.21. The number of hydrogen-bond acceptors (Lipinski definition) is 5. The van der Waals surface area contributed by atoms with Crippen LogP contribution in [0, 0.1) is 12.8 Å². The summed E-state index contributed by atoms with van der Waals surface area (Å²) in [4.78, 5) is 29.5. The number of aryl methyl sites for hydroxylation is 1. The minimum absolute atomic E-state index is 0.271. The van der Waals surface area contributed by atoms with Crippen LogP contribution in [-0.4, -0.2) is 43.5 Å². The van der Waals surface area contributed by atoms with Crippen LogP contribution in [0.15, 0.2) is 60.0 Å². The third-order valence-corrected chi connectivity index (χ3v) is 8.54. The number of ether oxygens (including phenoxy) is 1. The Bertz CT molecular complexity index is 1200. The van der Waals surface area contributed by atoms with Gasteiger partial charge in [0.15, 0.2) is 0 Å². The number of carbonyl (C=O) groups excluding carboxylic acids is 2. The number of nitrogens with one attached hydrogen (secondary N) is 1. The predicted octanol–water partition coefficient (Wildman–Crippen LogP) is 6.64. The Morgan fingerprint density at radius 1 is 1.05 bits per heavy atom. The molecule has 6 heteroatoms. The van der Waals surface area contributed by atoms with Gasteiger partial charge in [-0.3, -0.25) is 4.79 Å². The maximum atomic E-state index is 13.6. The first kappa shape index (κ1) is 28.1. The predicted molar refractivity (Wildman–Crippen MR) is 155 cm³/mol. The molecular formula is C32H40N2O3S. The molecule has 4 rings (SSSR count). The zero-order chi connectivity index (χ0) is 26.9. The maximum Gasteiger partial charge on any atom is 0.328 e. The molecule has 1 amide bonds. The number of amides is 1. The maximum absolute atomic E-state index is 13.6. The SMILES string of the molecule is COC(=O)C(Cc1cccs1)NC(=O)c1ccc(CN(C)CCC2CCCCC2)cc1-c1ccccc1C. The van der Waals surface area contributed by atoms with E-state index in [9.17, 15) is 9.59 Å². The Kier molecular flexibility index (Phi) is 10.1. The number of methoxy groups -OCH3 is 1. The molecule has 3 aromatic rings. The molecule has 1 aromatic heterocycles. The van der Waals surface area contributed by atoms with Crippen LogP contribution in [0.2, 0.25) is 0 Å². The topological polar surface area (TPSA) is 58.6 Å². The minimum Gasteiger partial charge on any atom is -0.467 e. The lowest BCUT2D eigenvalue weighted by molar-refractivity contribution is -0.142. The van der Waals surface area contributed by atoms with Gasteiger partial charge in [-0.25, -0.2) is 4.79 Å². The van der Waals surface area contributed by atoms with E-state index >= 15 is 0 Å². The van der Waals surface area contributed by atoms with Gasteiger partial charge in [-0.1, -0.05) is 68.5 Å². The lowest BCUT2D eigenvalue weighted by Gasteiger charge is -2.25. The highest BCUT2D eigenvalue weighted by molar-refractivity contribution is 7.09. The van der Waals surface area contributed by atoms with Crippen molar-refractivity contribution in [3.8, 4) is 11.1 Å². The van der Waals surface area contributed by atoms with E-state index in [1.54, 1.807) is 11.3 Å². The summed E-state index contributed by atoms with van der Waals surface area (Å²) in [6.45, 7) is 3.97. The number of thiophene rings is 1. The van der Waals surface area contributed by atoms with Gasteiger partial charge in [0.25, 0.3) is 5.91 Å². The normalized spacial score (nSPS) is 14.8. The largest absolute Gasteiger partial charge is 0.467 e. The zero-order valence-electron chi connectivity index (χ0n) is 22.9. The van der Waals surface area contributed by atoms with Crippen LogP contribution in [0.4, 0.5) is 0 Å². The third-order valence-electron chi connectivity index (χ3n) is 7.64. The van der Waals surface area contributed by atoms with E-state index in [2.05, 4.69) is 42.4 Å². The second kappa shape index (κ2) is 13.7. The molecule has 0 aliphatic heterocycles. The van der Waals surface area contributed by atoms with E-state index in [1.807, 2.05) is 41.8 Å². The van der Waals surface area contributed by atoms with E-state index in [4.69, 9.17) is 4.74 Å². The van der Waals surface area contributed by atoms with Gasteiger partial charge < -0.3 is 15.0 Å². The van der Waals surface area contributed by atoms with Crippen LogP contribution in [-0.2, 0) is 22.5 Å². The lowest BCUT2D eigenvalue weighted by Crippen LogP contribution is -2.43. The first-order valence-electron chi connectivity index (χ1n) is 13.7.